The minimum absolute atomic E-state index is 0.0932. The van der Waals surface area contributed by atoms with Gasteiger partial charge in [0.2, 0.25) is 0 Å². The van der Waals surface area contributed by atoms with E-state index < -0.39 is 18.1 Å². The summed E-state index contributed by atoms with van der Waals surface area (Å²) in [5.41, 5.74) is 5.29. The van der Waals surface area contributed by atoms with E-state index in [2.05, 4.69) is 22.4 Å². The maximum atomic E-state index is 12.3. The van der Waals surface area contributed by atoms with Crippen molar-refractivity contribution in [2.45, 2.75) is 18.6 Å². The fraction of sp³-hybridized carbons (Fsp3) is 0.208. The second kappa shape index (κ2) is 9.40. The lowest BCUT2D eigenvalue weighted by molar-refractivity contribution is -0.141. The van der Waals surface area contributed by atoms with Crippen LogP contribution in [0.3, 0.4) is 0 Å². The molecule has 1 heterocycles. The number of carboxylic acids is 1. The number of carboxylic acid groups (broad SMARTS) is 1. The summed E-state index contributed by atoms with van der Waals surface area (Å²) in [5, 5.41) is 11.8. The van der Waals surface area contributed by atoms with Crippen LogP contribution in [0.4, 0.5) is 4.79 Å². The van der Waals surface area contributed by atoms with Gasteiger partial charge >= 0.3 is 12.1 Å². The quantitative estimate of drug-likeness (QED) is 0.580. The third kappa shape index (κ3) is 4.73. The first-order valence-corrected chi connectivity index (χ1v) is 9.94. The van der Waals surface area contributed by atoms with Crippen LogP contribution in [0.25, 0.3) is 11.1 Å². The van der Waals surface area contributed by atoms with E-state index in [0.717, 1.165) is 27.8 Å². The number of carbonyl (C=O) groups is 2. The highest BCUT2D eigenvalue weighted by atomic mass is 16.5. The van der Waals surface area contributed by atoms with Gasteiger partial charge < -0.3 is 19.9 Å². The van der Waals surface area contributed by atoms with Gasteiger partial charge in [0.05, 0.1) is 13.2 Å². The summed E-state index contributed by atoms with van der Waals surface area (Å²) >= 11 is 0. The third-order valence-corrected chi connectivity index (χ3v) is 5.24. The fourth-order valence-corrected chi connectivity index (χ4v) is 3.73. The Morgan fingerprint density at radius 2 is 1.58 bits per heavy atom. The van der Waals surface area contributed by atoms with Gasteiger partial charge in [-0.15, -0.1) is 0 Å². The average molecular weight is 418 g/mol. The smallest absolute Gasteiger partial charge is 0.407 e. The maximum absolute atomic E-state index is 12.3. The number of rotatable bonds is 8. The molecule has 0 unspecified atom stereocenters. The number of benzene rings is 2. The highest BCUT2D eigenvalue weighted by Crippen LogP contribution is 2.44. The Morgan fingerprint density at radius 3 is 2.19 bits per heavy atom. The zero-order valence-corrected chi connectivity index (χ0v) is 16.7. The van der Waals surface area contributed by atoms with E-state index in [4.69, 9.17) is 9.47 Å². The molecule has 1 aliphatic carbocycles. The van der Waals surface area contributed by atoms with E-state index in [9.17, 15) is 14.7 Å². The van der Waals surface area contributed by atoms with Crippen molar-refractivity contribution in [3.05, 3.63) is 89.7 Å². The summed E-state index contributed by atoms with van der Waals surface area (Å²) in [6.45, 7) is 0.157. The SMILES string of the molecule is O=C(N[C@@H](COCc1ccncc1)C(=O)O)OCC1c2ccccc2-c2ccccc21. The predicted molar refractivity (Wildman–Crippen MR) is 114 cm³/mol. The molecule has 0 spiro atoms. The van der Waals surface area contributed by atoms with Gasteiger partial charge in [0.1, 0.15) is 6.61 Å². The summed E-state index contributed by atoms with van der Waals surface area (Å²) in [6.07, 6.45) is 2.46. The fourth-order valence-electron chi connectivity index (χ4n) is 3.73. The number of amides is 1. The van der Waals surface area contributed by atoms with Gasteiger partial charge in [-0.2, -0.15) is 0 Å². The first-order chi connectivity index (χ1) is 15.1. The number of nitrogens with zero attached hydrogens (tertiary/aromatic N) is 1. The minimum atomic E-state index is -1.21. The lowest BCUT2D eigenvalue weighted by atomic mass is 9.98. The molecule has 4 rings (SSSR count). The van der Waals surface area contributed by atoms with Crippen LogP contribution in [0.15, 0.2) is 73.1 Å². The largest absolute Gasteiger partial charge is 0.480 e. The van der Waals surface area contributed by atoms with Crippen molar-refractivity contribution >= 4 is 12.1 Å². The number of carbonyl (C=O) groups excluding carboxylic acids is 1. The van der Waals surface area contributed by atoms with E-state index in [-0.39, 0.29) is 25.7 Å². The monoisotopic (exact) mass is 418 g/mol. The molecule has 31 heavy (non-hydrogen) atoms. The Kier molecular flexibility index (Phi) is 6.24. The molecule has 7 heteroatoms. The number of aromatic nitrogens is 1. The number of nitrogens with one attached hydrogen (secondary N) is 1. The van der Waals surface area contributed by atoms with Crippen LogP contribution < -0.4 is 5.32 Å². The maximum Gasteiger partial charge on any atom is 0.407 e. The van der Waals surface area contributed by atoms with Crippen molar-refractivity contribution in [1.29, 1.82) is 0 Å². The molecule has 1 amide bonds. The first-order valence-electron chi connectivity index (χ1n) is 9.94. The van der Waals surface area contributed by atoms with Crippen molar-refractivity contribution in [3.63, 3.8) is 0 Å². The molecule has 2 aromatic carbocycles. The summed E-state index contributed by atoms with van der Waals surface area (Å²) in [7, 11) is 0. The summed E-state index contributed by atoms with van der Waals surface area (Å²) in [4.78, 5) is 27.7. The molecule has 0 bridgehead atoms. The van der Waals surface area contributed by atoms with Crippen molar-refractivity contribution in [2.75, 3.05) is 13.2 Å². The molecule has 3 aromatic rings. The van der Waals surface area contributed by atoms with E-state index >= 15 is 0 Å². The van der Waals surface area contributed by atoms with Crippen molar-refractivity contribution in [3.8, 4) is 11.1 Å². The van der Waals surface area contributed by atoms with Gasteiger partial charge in [-0.25, -0.2) is 9.59 Å². The lowest BCUT2D eigenvalue weighted by Gasteiger charge is -2.17. The highest BCUT2D eigenvalue weighted by Gasteiger charge is 2.29. The summed E-state index contributed by atoms with van der Waals surface area (Å²) in [6, 6.07) is 18.4. The van der Waals surface area contributed by atoms with Gasteiger partial charge in [0.15, 0.2) is 6.04 Å². The van der Waals surface area contributed by atoms with E-state index in [0.29, 0.717) is 0 Å². The molecule has 0 saturated carbocycles. The van der Waals surface area contributed by atoms with Gasteiger partial charge in [0.25, 0.3) is 0 Å². The van der Waals surface area contributed by atoms with Crippen LogP contribution in [0.5, 0.6) is 0 Å². The second-order valence-corrected chi connectivity index (χ2v) is 7.23. The molecule has 0 aliphatic heterocycles. The van der Waals surface area contributed by atoms with Crippen molar-refractivity contribution in [1.82, 2.24) is 10.3 Å². The number of hydrogen-bond acceptors (Lipinski definition) is 5. The molecule has 1 atom stereocenters. The third-order valence-electron chi connectivity index (χ3n) is 5.24. The Bertz CT molecular complexity index is 1020. The Balaban J connectivity index is 1.34. The molecule has 0 radical (unpaired) electrons. The lowest BCUT2D eigenvalue weighted by Crippen LogP contribution is -2.44. The highest BCUT2D eigenvalue weighted by molar-refractivity contribution is 5.81. The van der Waals surface area contributed by atoms with Crippen LogP contribution in [0.1, 0.15) is 22.6 Å². The van der Waals surface area contributed by atoms with E-state index in [1.54, 1.807) is 24.5 Å². The molecular formula is C24H22N2O5. The molecule has 2 N–H and O–H groups in total. The van der Waals surface area contributed by atoms with Crippen LogP contribution >= 0.6 is 0 Å². The molecule has 158 valence electrons. The zero-order valence-electron chi connectivity index (χ0n) is 16.7. The molecule has 7 nitrogen and oxygen atoms in total. The average Bonchev–Trinajstić information content (AvgIpc) is 3.11. The molecule has 0 saturated heterocycles. The normalized spacial score (nSPS) is 13.2. The Morgan fingerprint density at radius 1 is 0.968 bits per heavy atom. The number of ether oxygens (including phenoxy) is 2. The molecule has 1 aliphatic rings. The summed E-state index contributed by atoms with van der Waals surface area (Å²) in [5.74, 6) is -1.28. The Labute approximate surface area is 179 Å². The van der Waals surface area contributed by atoms with Crippen LogP contribution in [0.2, 0.25) is 0 Å². The summed E-state index contributed by atoms with van der Waals surface area (Å²) < 4.78 is 10.8. The van der Waals surface area contributed by atoms with Crippen LogP contribution in [-0.4, -0.2) is 41.4 Å². The van der Waals surface area contributed by atoms with Crippen LogP contribution in [-0.2, 0) is 20.9 Å². The number of fused-ring (bicyclic) bond motifs is 3. The standard InChI is InChI=1S/C24H22N2O5/c27-23(28)22(15-30-13-16-9-11-25-12-10-16)26-24(29)31-14-21-19-7-3-1-5-17(19)18-6-2-4-8-20(18)21/h1-12,21-22H,13-15H2,(H,26,29)(H,27,28)/t22-/m0/s1. The van der Waals surface area contributed by atoms with Gasteiger partial charge in [-0.1, -0.05) is 48.5 Å². The zero-order chi connectivity index (χ0) is 21.6. The number of pyridine rings is 1. The number of hydrogen-bond donors (Lipinski definition) is 2. The van der Waals surface area contributed by atoms with Crippen molar-refractivity contribution in [2.24, 2.45) is 0 Å². The number of aliphatic carboxylic acids is 1. The predicted octanol–water partition coefficient (Wildman–Crippen LogP) is 3.59. The molecular weight excluding hydrogens is 396 g/mol. The van der Waals surface area contributed by atoms with Gasteiger partial charge in [-0.05, 0) is 39.9 Å². The van der Waals surface area contributed by atoms with E-state index in [1.807, 2.05) is 36.4 Å². The molecule has 0 fully saturated rings. The van der Waals surface area contributed by atoms with E-state index in [1.165, 1.54) is 0 Å². The number of alkyl carbamates (subject to hydrolysis) is 1. The van der Waals surface area contributed by atoms with Crippen molar-refractivity contribution < 1.29 is 24.2 Å². The van der Waals surface area contributed by atoms with Gasteiger partial charge in [0, 0.05) is 18.3 Å². The minimum Gasteiger partial charge on any atom is -0.480 e. The second-order valence-electron chi connectivity index (χ2n) is 7.23. The first kappa shape index (κ1) is 20.6. The molecule has 1 aromatic heterocycles. The van der Waals surface area contributed by atoms with Gasteiger partial charge in [-0.3, -0.25) is 4.98 Å². The topological polar surface area (TPSA) is 97.8 Å². The Hall–Kier alpha value is -3.71. The van der Waals surface area contributed by atoms with Crippen LogP contribution in [0, 0.1) is 0 Å².